The summed E-state index contributed by atoms with van der Waals surface area (Å²) in [7, 11) is 0. The maximum absolute atomic E-state index is 12.8. The Hall–Kier alpha value is -4.46. The van der Waals surface area contributed by atoms with Crippen LogP contribution < -0.4 is 16.0 Å². The van der Waals surface area contributed by atoms with Gasteiger partial charge in [0.1, 0.15) is 23.4 Å². The first-order valence-electron chi connectivity index (χ1n) is 11.7. The largest absolute Gasteiger partial charge is 0.507 e. The van der Waals surface area contributed by atoms with E-state index in [1.165, 1.54) is 12.3 Å². The Balaban J connectivity index is 1.66. The van der Waals surface area contributed by atoms with E-state index in [1.807, 2.05) is 29.2 Å². The molecule has 4 aromatic rings. The SMILES string of the molecule is N#Cc1c(-c2cccc(N3CCC[C@@H]3C(N)=O)c2)cc(-c2ccc(Cl)cc2O)nc1NC(=O)c1nccs1. The minimum Gasteiger partial charge on any atom is -0.507 e. The number of hydrogen-bond donors (Lipinski definition) is 3. The molecule has 4 N–H and O–H groups in total. The van der Waals surface area contributed by atoms with Crippen molar-refractivity contribution in [2.75, 3.05) is 16.8 Å². The fraction of sp³-hybridized carbons (Fsp3) is 0.148. The van der Waals surface area contributed by atoms with E-state index in [1.54, 1.807) is 23.6 Å². The predicted molar refractivity (Wildman–Crippen MR) is 146 cm³/mol. The second kappa shape index (κ2) is 10.5. The lowest BCUT2D eigenvalue weighted by Gasteiger charge is -2.25. The summed E-state index contributed by atoms with van der Waals surface area (Å²) < 4.78 is 0. The Bertz CT molecular complexity index is 1580. The molecule has 5 rings (SSSR count). The minimum absolute atomic E-state index is 0.0242. The van der Waals surface area contributed by atoms with E-state index in [4.69, 9.17) is 17.3 Å². The first kappa shape index (κ1) is 25.2. The van der Waals surface area contributed by atoms with Gasteiger partial charge in [-0.1, -0.05) is 23.7 Å². The summed E-state index contributed by atoms with van der Waals surface area (Å²) in [4.78, 5) is 35.3. The first-order valence-corrected chi connectivity index (χ1v) is 12.9. The van der Waals surface area contributed by atoms with Crippen LogP contribution in [0.5, 0.6) is 5.75 Å². The van der Waals surface area contributed by atoms with E-state index < -0.39 is 11.9 Å². The van der Waals surface area contributed by atoms with Crippen molar-refractivity contribution in [3.63, 3.8) is 0 Å². The number of amides is 2. The van der Waals surface area contributed by atoms with Crippen LogP contribution in [0.3, 0.4) is 0 Å². The van der Waals surface area contributed by atoms with Crippen LogP contribution in [0.25, 0.3) is 22.4 Å². The number of nitriles is 1. The molecule has 2 amide bonds. The monoisotopic (exact) mass is 544 g/mol. The number of pyridine rings is 1. The van der Waals surface area contributed by atoms with Crippen LogP contribution >= 0.6 is 22.9 Å². The van der Waals surface area contributed by atoms with E-state index in [-0.39, 0.29) is 28.0 Å². The number of carbonyl (C=O) groups is 2. The Kier molecular flexibility index (Phi) is 6.96. The van der Waals surface area contributed by atoms with Crippen LogP contribution in [-0.4, -0.2) is 39.5 Å². The number of nitrogens with zero attached hydrogens (tertiary/aromatic N) is 4. The average molecular weight is 545 g/mol. The van der Waals surface area contributed by atoms with Gasteiger partial charge < -0.3 is 21.1 Å². The summed E-state index contributed by atoms with van der Waals surface area (Å²) in [5, 5.41) is 25.7. The van der Waals surface area contributed by atoms with E-state index in [9.17, 15) is 20.0 Å². The van der Waals surface area contributed by atoms with Crippen molar-refractivity contribution in [3.8, 4) is 34.2 Å². The third-order valence-electron chi connectivity index (χ3n) is 6.30. The molecular formula is C27H21ClN6O3S. The van der Waals surface area contributed by atoms with Crippen molar-refractivity contribution in [1.29, 1.82) is 5.26 Å². The van der Waals surface area contributed by atoms with Crippen LogP contribution in [0.2, 0.25) is 5.02 Å². The van der Waals surface area contributed by atoms with E-state index in [2.05, 4.69) is 21.4 Å². The number of phenols is 1. The number of hydrogen-bond acceptors (Lipinski definition) is 8. The summed E-state index contributed by atoms with van der Waals surface area (Å²) in [6.07, 6.45) is 3.02. The molecule has 1 aliphatic heterocycles. The number of aromatic nitrogens is 2. The first-order chi connectivity index (χ1) is 18.4. The Labute approximate surface area is 227 Å². The standard InChI is InChI=1S/C27H21ClN6O3S/c28-16-6-7-18(23(35)12-16)21-13-19(20(14-29)25(32-21)33-26(37)27-31-8-10-38-27)15-3-1-4-17(11-15)34-9-2-5-22(34)24(30)36/h1,3-4,6-8,10-13,22,35H,2,5,9H2,(H2,30,36)(H,32,33,37)/t22-/m1/s1. The van der Waals surface area contributed by atoms with Gasteiger partial charge in [0.05, 0.1) is 5.69 Å². The molecule has 11 heteroatoms. The molecule has 190 valence electrons. The Morgan fingerprint density at radius 3 is 2.76 bits per heavy atom. The molecule has 0 unspecified atom stereocenters. The lowest BCUT2D eigenvalue weighted by atomic mass is 9.97. The number of nitrogens with two attached hydrogens (primary N) is 1. The Morgan fingerprint density at radius 2 is 2.05 bits per heavy atom. The molecule has 0 bridgehead atoms. The number of benzene rings is 2. The molecule has 1 fully saturated rings. The molecule has 9 nitrogen and oxygen atoms in total. The summed E-state index contributed by atoms with van der Waals surface area (Å²) in [6.45, 7) is 0.678. The highest BCUT2D eigenvalue weighted by molar-refractivity contribution is 7.11. The van der Waals surface area contributed by atoms with Gasteiger partial charge in [-0.3, -0.25) is 9.59 Å². The molecule has 0 spiro atoms. The molecule has 3 heterocycles. The third-order valence-corrected chi connectivity index (χ3v) is 7.30. The zero-order valence-corrected chi connectivity index (χ0v) is 21.5. The number of rotatable bonds is 6. The molecule has 38 heavy (non-hydrogen) atoms. The molecule has 0 saturated carbocycles. The number of nitrogens with one attached hydrogen (secondary N) is 1. The summed E-state index contributed by atoms with van der Waals surface area (Å²) in [6, 6.07) is 15.5. The average Bonchev–Trinajstić information content (AvgIpc) is 3.61. The number of anilines is 2. The molecule has 1 aliphatic rings. The number of thiazole rings is 1. The van der Waals surface area contributed by atoms with E-state index in [0.29, 0.717) is 40.4 Å². The van der Waals surface area contributed by atoms with Gasteiger partial charge in [0.25, 0.3) is 5.91 Å². The third kappa shape index (κ3) is 4.89. The van der Waals surface area contributed by atoms with Crippen LogP contribution in [0, 0.1) is 11.3 Å². The number of aromatic hydroxyl groups is 1. The van der Waals surface area contributed by atoms with E-state index >= 15 is 0 Å². The lowest BCUT2D eigenvalue weighted by Crippen LogP contribution is -2.40. The van der Waals surface area contributed by atoms with E-state index in [0.717, 1.165) is 23.4 Å². The topological polar surface area (TPSA) is 145 Å². The molecule has 2 aromatic heterocycles. The quantitative estimate of drug-likeness (QED) is 0.316. The number of phenolic OH excluding ortho intramolecular Hbond substituents is 1. The van der Waals surface area contributed by atoms with Crippen LogP contribution in [-0.2, 0) is 4.79 Å². The highest BCUT2D eigenvalue weighted by Crippen LogP contribution is 2.38. The van der Waals surface area contributed by atoms with Crippen molar-refractivity contribution in [2.24, 2.45) is 5.73 Å². The smallest absolute Gasteiger partial charge is 0.285 e. The van der Waals surface area contributed by atoms with Crippen LogP contribution in [0.15, 0.2) is 60.1 Å². The zero-order chi connectivity index (χ0) is 26.8. The number of halogens is 1. The summed E-state index contributed by atoms with van der Waals surface area (Å²) in [5.41, 5.74) is 8.39. The van der Waals surface area contributed by atoms with Gasteiger partial charge in [-0.25, -0.2) is 9.97 Å². The van der Waals surface area contributed by atoms with Gasteiger partial charge in [-0.15, -0.1) is 11.3 Å². The normalized spacial score (nSPS) is 14.7. The molecule has 1 atom stereocenters. The fourth-order valence-electron chi connectivity index (χ4n) is 4.56. The summed E-state index contributed by atoms with van der Waals surface area (Å²) in [5.74, 6) is -0.978. The minimum atomic E-state index is -0.512. The van der Waals surface area contributed by atoms with Gasteiger partial charge in [0.2, 0.25) is 5.91 Å². The predicted octanol–water partition coefficient (Wildman–Crippen LogP) is 4.81. The molecular weight excluding hydrogens is 524 g/mol. The summed E-state index contributed by atoms with van der Waals surface area (Å²) >= 11 is 7.18. The van der Waals surface area contributed by atoms with Gasteiger partial charge in [0.15, 0.2) is 10.8 Å². The fourth-order valence-corrected chi connectivity index (χ4v) is 5.25. The van der Waals surface area contributed by atoms with Crippen molar-refractivity contribution in [2.45, 2.75) is 18.9 Å². The second-order valence-electron chi connectivity index (χ2n) is 8.65. The lowest BCUT2D eigenvalue weighted by molar-refractivity contribution is -0.119. The van der Waals surface area contributed by atoms with Crippen molar-refractivity contribution < 1.29 is 14.7 Å². The highest BCUT2D eigenvalue weighted by atomic mass is 35.5. The van der Waals surface area contributed by atoms with Gasteiger partial charge in [-0.05, 0) is 54.8 Å². The van der Waals surface area contributed by atoms with Gasteiger partial charge in [-0.2, -0.15) is 5.26 Å². The van der Waals surface area contributed by atoms with Crippen LogP contribution in [0.1, 0.15) is 28.2 Å². The molecule has 0 aliphatic carbocycles. The molecule has 0 radical (unpaired) electrons. The van der Waals surface area contributed by atoms with Gasteiger partial charge in [0, 0.05) is 40.0 Å². The maximum atomic E-state index is 12.8. The maximum Gasteiger partial charge on any atom is 0.285 e. The van der Waals surface area contributed by atoms with Crippen molar-refractivity contribution in [1.82, 2.24) is 9.97 Å². The molecule has 1 saturated heterocycles. The van der Waals surface area contributed by atoms with Gasteiger partial charge >= 0.3 is 0 Å². The Morgan fingerprint density at radius 1 is 1.21 bits per heavy atom. The number of primary amides is 1. The zero-order valence-electron chi connectivity index (χ0n) is 19.9. The highest BCUT2D eigenvalue weighted by Gasteiger charge is 2.29. The molecule has 2 aromatic carbocycles. The van der Waals surface area contributed by atoms with Crippen molar-refractivity contribution in [3.05, 3.63) is 75.7 Å². The van der Waals surface area contributed by atoms with Crippen LogP contribution in [0.4, 0.5) is 11.5 Å². The number of carbonyl (C=O) groups excluding carboxylic acids is 2. The second-order valence-corrected chi connectivity index (χ2v) is 9.98. The van der Waals surface area contributed by atoms with Crippen molar-refractivity contribution >= 4 is 46.3 Å².